The second kappa shape index (κ2) is 15.9. The van der Waals surface area contributed by atoms with Crippen molar-refractivity contribution < 1.29 is 4.42 Å². The Bertz CT molecular complexity index is 4170. The molecule has 2 heteroatoms. The molecule has 0 radical (unpaired) electrons. The van der Waals surface area contributed by atoms with Gasteiger partial charge in [0.25, 0.3) is 0 Å². The summed E-state index contributed by atoms with van der Waals surface area (Å²) >= 11 is 0. The maximum Gasteiger partial charge on any atom is 0.143 e. The van der Waals surface area contributed by atoms with Crippen molar-refractivity contribution in [2.75, 3.05) is 4.90 Å². The van der Waals surface area contributed by atoms with Crippen LogP contribution in [0.25, 0.3) is 99.5 Å². The number of rotatable bonds is 7. The summed E-state index contributed by atoms with van der Waals surface area (Å²) in [5.74, 6) is 0. The molecular formula is C70H51NO. The Hall–Kier alpha value is -8.72. The van der Waals surface area contributed by atoms with Crippen molar-refractivity contribution in [1.82, 2.24) is 0 Å². The minimum atomic E-state index is -0.134. The van der Waals surface area contributed by atoms with Gasteiger partial charge in [-0.15, -0.1) is 0 Å². The van der Waals surface area contributed by atoms with Crippen molar-refractivity contribution in [2.45, 2.75) is 38.5 Å². The van der Waals surface area contributed by atoms with Gasteiger partial charge >= 0.3 is 0 Å². The van der Waals surface area contributed by atoms with Gasteiger partial charge in [-0.05, 0) is 137 Å². The fourth-order valence-electron chi connectivity index (χ4n) is 12.7. The lowest BCUT2D eigenvalue weighted by Gasteiger charge is -2.29. The highest BCUT2D eigenvalue weighted by molar-refractivity contribution is 6.19. The van der Waals surface area contributed by atoms with E-state index in [2.05, 4.69) is 269 Å². The fraction of sp³-hybridized carbons (Fsp3) is 0.0857. The Balaban J connectivity index is 0.927. The van der Waals surface area contributed by atoms with E-state index in [1.165, 1.54) is 83.3 Å². The average Bonchev–Trinajstić information content (AvgIpc) is 4.01. The third-order valence-corrected chi connectivity index (χ3v) is 16.1. The van der Waals surface area contributed by atoms with Gasteiger partial charge in [0.2, 0.25) is 0 Å². The zero-order chi connectivity index (χ0) is 48.3. The Labute approximate surface area is 421 Å². The molecule has 0 atom stereocenters. The predicted molar refractivity (Wildman–Crippen MR) is 303 cm³/mol. The van der Waals surface area contributed by atoms with E-state index in [-0.39, 0.29) is 10.8 Å². The molecule has 72 heavy (non-hydrogen) atoms. The van der Waals surface area contributed by atoms with Gasteiger partial charge < -0.3 is 9.32 Å². The number of furan rings is 1. The smallest absolute Gasteiger partial charge is 0.143 e. The Morgan fingerprint density at radius 3 is 1.71 bits per heavy atom. The van der Waals surface area contributed by atoms with E-state index in [9.17, 15) is 0 Å². The lowest BCUT2D eigenvalue weighted by Crippen LogP contribution is -2.16. The van der Waals surface area contributed by atoms with Gasteiger partial charge in [0.15, 0.2) is 0 Å². The van der Waals surface area contributed by atoms with Gasteiger partial charge in [-0.2, -0.15) is 0 Å². The van der Waals surface area contributed by atoms with E-state index < -0.39 is 0 Å². The van der Waals surface area contributed by atoms with Crippen LogP contribution < -0.4 is 4.90 Å². The molecule has 0 unspecified atom stereocenters. The Morgan fingerprint density at radius 2 is 0.903 bits per heavy atom. The van der Waals surface area contributed by atoms with E-state index in [1.54, 1.807) is 0 Å². The molecule has 12 aromatic rings. The minimum absolute atomic E-state index is 0.124. The van der Waals surface area contributed by atoms with Crippen LogP contribution in [-0.2, 0) is 10.8 Å². The monoisotopic (exact) mass is 921 g/mol. The van der Waals surface area contributed by atoms with Crippen LogP contribution in [0.2, 0.25) is 0 Å². The summed E-state index contributed by atoms with van der Waals surface area (Å²) in [6.07, 6.45) is 0. The van der Waals surface area contributed by atoms with Crippen LogP contribution in [0.4, 0.5) is 17.1 Å². The molecular weight excluding hydrogens is 871 g/mol. The van der Waals surface area contributed by atoms with Gasteiger partial charge in [-0.25, -0.2) is 0 Å². The summed E-state index contributed by atoms with van der Waals surface area (Å²) in [6.45, 7) is 9.48. The molecule has 2 nitrogen and oxygen atoms in total. The third-order valence-electron chi connectivity index (χ3n) is 16.1. The molecule has 0 saturated carbocycles. The van der Waals surface area contributed by atoms with Gasteiger partial charge in [-0.3, -0.25) is 0 Å². The zero-order valence-corrected chi connectivity index (χ0v) is 40.9. The molecule has 0 aliphatic heterocycles. The van der Waals surface area contributed by atoms with E-state index >= 15 is 0 Å². The lowest BCUT2D eigenvalue weighted by atomic mass is 9.78. The first-order valence-electron chi connectivity index (χ1n) is 25.2. The third kappa shape index (κ3) is 6.28. The molecule has 1 heterocycles. The first kappa shape index (κ1) is 42.2. The van der Waals surface area contributed by atoms with Crippen molar-refractivity contribution >= 4 is 49.8 Å². The highest BCUT2D eigenvalue weighted by Gasteiger charge is 2.38. The summed E-state index contributed by atoms with van der Waals surface area (Å²) in [7, 11) is 0. The molecule has 0 saturated heterocycles. The largest absolute Gasteiger partial charge is 0.455 e. The topological polar surface area (TPSA) is 16.4 Å². The number of para-hydroxylation sites is 1. The molecule has 0 spiro atoms. The second-order valence-electron chi connectivity index (χ2n) is 20.8. The molecule has 2 aliphatic carbocycles. The quantitative estimate of drug-likeness (QED) is 0.158. The van der Waals surface area contributed by atoms with Gasteiger partial charge in [0.1, 0.15) is 11.2 Å². The van der Waals surface area contributed by atoms with Crippen LogP contribution in [0.5, 0.6) is 0 Å². The molecule has 0 amide bonds. The molecule has 2 aliphatic rings. The van der Waals surface area contributed by atoms with E-state index in [0.717, 1.165) is 55.5 Å². The molecule has 1 aromatic heterocycles. The van der Waals surface area contributed by atoms with Gasteiger partial charge in [0.05, 0.1) is 5.69 Å². The first-order valence-corrected chi connectivity index (χ1v) is 25.2. The van der Waals surface area contributed by atoms with Crippen LogP contribution in [0.3, 0.4) is 0 Å². The van der Waals surface area contributed by atoms with Crippen molar-refractivity contribution in [3.05, 3.63) is 259 Å². The number of anilines is 3. The maximum absolute atomic E-state index is 6.70. The summed E-state index contributed by atoms with van der Waals surface area (Å²) in [4.78, 5) is 2.45. The first-order chi connectivity index (χ1) is 35.2. The number of nitrogens with zero attached hydrogens (tertiary/aromatic N) is 1. The fourth-order valence-corrected chi connectivity index (χ4v) is 12.7. The zero-order valence-electron chi connectivity index (χ0n) is 40.9. The minimum Gasteiger partial charge on any atom is -0.455 e. The Morgan fingerprint density at radius 1 is 0.333 bits per heavy atom. The van der Waals surface area contributed by atoms with Crippen molar-refractivity contribution in [3.8, 4) is 66.8 Å². The highest BCUT2D eigenvalue weighted by Crippen LogP contribution is 2.54. The predicted octanol–water partition coefficient (Wildman–Crippen LogP) is 19.5. The van der Waals surface area contributed by atoms with Gasteiger partial charge in [0, 0.05) is 43.9 Å². The molecule has 11 aromatic carbocycles. The van der Waals surface area contributed by atoms with Gasteiger partial charge in [-0.1, -0.05) is 216 Å². The summed E-state index contributed by atoms with van der Waals surface area (Å²) in [6, 6.07) is 87.3. The van der Waals surface area contributed by atoms with Crippen LogP contribution in [0.1, 0.15) is 49.9 Å². The molecule has 0 bridgehead atoms. The summed E-state index contributed by atoms with van der Waals surface area (Å²) in [5, 5.41) is 4.55. The Kier molecular flexibility index (Phi) is 9.32. The van der Waals surface area contributed by atoms with Crippen LogP contribution in [-0.4, -0.2) is 0 Å². The van der Waals surface area contributed by atoms with Crippen molar-refractivity contribution in [3.63, 3.8) is 0 Å². The second-order valence-corrected chi connectivity index (χ2v) is 20.8. The van der Waals surface area contributed by atoms with Crippen molar-refractivity contribution in [1.29, 1.82) is 0 Å². The number of hydrogen-bond donors (Lipinski definition) is 0. The van der Waals surface area contributed by atoms with Crippen LogP contribution in [0.15, 0.2) is 241 Å². The SMILES string of the molecule is CC1(C)c2ccccc2-c2ccc(-c3ccccc3N(c3ccc(-c4ccccc4-c4cccc5c4C(C)(C)c4ccccc4-5)cc3)c3cccc(-c4cccc5oc6c7ccccc7ccc6c45)c3)cc21. The van der Waals surface area contributed by atoms with E-state index in [0.29, 0.717) is 0 Å². The summed E-state index contributed by atoms with van der Waals surface area (Å²) < 4.78 is 6.70. The molecule has 342 valence electrons. The highest BCUT2D eigenvalue weighted by atomic mass is 16.3. The molecule has 0 fully saturated rings. The van der Waals surface area contributed by atoms with Crippen LogP contribution in [0, 0.1) is 0 Å². The normalized spacial score (nSPS) is 13.8. The maximum atomic E-state index is 6.70. The number of hydrogen-bond acceptors (Lipinski definition) is 2. The van der Waals surface area contributed by atoms with Crippen molar-refractivity contribution in [2.24, 2.45) is 0 Å². The number of benzene rings is 11. The summed E-state index contributed by atoms with van der Waals surface area (Å²) in [5.41, 5.74) is 25.2. The van der Waals surface area contributed by atoms with E-state index in [4.69, 9.17) is 4.42 Å². The van der Waals surface area contributed by atoms with Crippen LogP contribution >= 0.6 is 0 Å². The lowest BCUT2D eigenvalue weighted by molar-refractivity contribution is 0.660. The average molecular weight is 922 g/mol. The molecule has 14 rings (SSSR count). The molecule has 0 N–H and O–H groups in total. The number of fused-ring (bicyclic) bond motifs is 11. The van der Waals surface area contributed by atoms with E-state index in [1.807, 2.05) is 0 Å². The standard InChI is InChI=1S/C70H51NO/c1-69(2)61-30-12-9-25-55(61)57-40-37-47(43-63(57)69)51-22-11-14-32-64(51)71(49-20-15-19-46(42-49)52-27-17-33-65-66(52)60-41-36-44-18-5-6-23-53(44)68(60)72-65)48-38-34-45(35-39-48)50-21-7-8-24-54(50)58-28-16-29-59-56-26-10-13-31-62(56)70(3,4)67(58)59/h5-43H,1-4H3.